The number of nitrogens with zero attached hydrogens (tertiary/aromatic N) is 5. The van der Waals surface area contributed by atoms with E-state index in [9.17, 15) is 19.2 Å². The van der Waals surface area contributed by atoms with Crippen LogP contribution in [0.1, 0.15) is 58.1 Å². The Hall–Kier alpha value is -5.94. The fraction of sp³-hybridized carbons (Fsp3) is 0.211. The van der Waals surface area contributed by atoms with Gasteiger partial charge in [0.1, 0.15) is 5.69 Å². The van der Waals surface area contributed by atoms with Crippen LogP contribution in [-0.4, -0.2) is 69.3 Å². The molecule has 3 heterocycles. The number of para-hydroxylation sites is 1. The minimum absolute atomic E-state index is 0.212. The van der Waals surface area contributed by atoms with Crippen LogP contribution in [0, 0.1) is 20.8 Å². The lowest BCUT2D eigenvalue weighted by atomic mass is 10.0. The van der Waals surface area contributed by atoms with Gasteiger partial charge >= 0.3 is 0 Å². The van der Waals surface area contributed by atoms with Crippen LogP contribution in [0.3, 0.4) is 0 Å². The van der Waals surface area contributed by atoms with Gasteiger partial charge in [-0.3, -0.25) is 19.2 Å². The summed E-state index contributed by atoms with van der Waals surface area (Å²) in [4.78, 5) is 56.3. The van der Waals surface area contributed by atoms with E-state index in [0.29, 0.717) is 54.4 Å². The maximum absolute atomic E-state index is 13.6. The summed E-state index contributed by atoms with van der Waals surface area (Å²) in [5.41, 5.74) is 6.55. The van der Waals surface area contributed by atoms with E-state index in [2.05, 4.69) is 15.6 Å². The molecule has 1 N–H and O–H groups in total. The van der Waals surface area contributed by atoms with Gasteiger partial charge in [-0.2, -0.15) is 0 Å². The molecule has 1 atom stereocenters. The molecule has 246 valence electrons. The smallest absolute Gasteiger partial charge is 0.266 e. The monoisotopic (exact) mass is 654 g/mol. The van der Waals surface area contributed by atoms with Crippen LogP contribution in [0.25, 0.3) is 11.3 Å². The Bertz CT molecular complexity index is 2120. The zero-order chi connectivity index (χ0) is 34.2. The Morgan fingerprint density at radius 2 is 1.65 bits per heavy atom. The molecule has 4 aromatic carbocycles. The highest BCUT2D eigenvalue weighted by Crippen LogP contribution is 2.32. The van der Waals surface area contributed by atoms with Gasteiger partial charge in [-0.15, -0.1) is 5.10 Å². The fourth-order valence-corrected chi connectivity index (χ4v) is 6.22. The summed E-state index contributed by atoms with van der Waals surface area (Å²) in [6.45, 7) is 7.02. The van der Waals surface area contributed by atoms with Gasteiger partial charge in [-0.05, 0) is 79.9 Å². The van der Waals surface area contributed by atoms with Gasteiger partial charge in [0, 0.05) is 35.5 Å². The SMILES string of the molecule is Cc1ccc(C)c(N2C(=O)c3ccc(C(=O)N4CCOC(Cn5cc(-c6ccc(C)c(C(=O)Nc7ccccc7)c6)nn5)C4)cc3C2=O)c1. The second-order valence-corrected chi connectivity index (χ2v) is 12.4. The molecule has 2 aliphatic heterocycles. The molecular formula is C38H34N6O5. The Labute approximate surface area is 283 Å². The van der Waals surface area contributed by atoms with Crippen LogP contribution in [0.15, 0.2) is 91.1 Å². The van der Waals surface area contributed by atoms with Crippen molar-refractivity contribution >= 4 is 35.0 Å². The summed E-state index contributed by atoms with van der Waals surface area (Å²) in [5, 5.41) is 11.5. The molecule has 4 amide bonds. The summed E-state index contributed by atoms with van der Waals surface area (Å²) in [6, 6.07) is 25.2. The van der Waals surface area contributed by atoms with Crippen LogP contribution in [-0.2, 0) is 11.3 Å². The Balaban J connectivity index is 1.02. The van der Waals surface area contributed by atoms with Gasteiger partial charge in [0.05, 0.1) is 42.3 Å². The molecule has 11 nitrogen and oxygen atoms in total. The average molecular weight is 655 g/mol. The lowest BCUT2D eigenvalue weighted by Crippen LogP contribution is -2.47. The number of aryl methyl sites for hydroxylation is 3. The van der Waals surface area contributed by atoms with Crippen molar-refractivity contribution in [2.24, 2.45) is 0 Å². The largest absolute Gasteiger partial charge is 0.373 e. The molecule has 7 rings (SSSR count). The quantitative estimate of drug-likeness (QED) is 0.231. The Kier molecular flexibility index (Phi) is 8.35. The normalized spacial score (nSPS) is 15.8. The van der Waals surface area contributed by atoms with Gasteiger partial charge < -0.3 is 15.0 Å². The van der Waals surface area contributed by atoms with Crippen molar-refractivity contribution in [1.82, 2.24) is 19.9 Å². The summed E-state index contributed by atoms with van der Waals surface area (Å²) >= 11 is 0. The third-order valence-electron chi connectivity index (χ3n) is 8.90. The number of nitrogens with one attached hydrogen (secondary N) is 1. The molecule has 0 aliphatic carbocycles. The minimum atomic E-state index is -0.442. The molecule has 0 spiro atoms. The van der Waals surface area contributed by atoms with E-state index in [1.165, 1.54) is 11.0 Å². The Morgan fingerprint density at radius 1 is 0.878 bits per heavy atom. The first-order valence-electron chi connectivity index (χ1n) is 16.0. The van der Waals surface area contributed by atoms with E-state index >= 15 is 0 Å². The number of hydrogen-bond acceptors (Lipinski definition) is 7. The Morgan fingerprint density at radius 3 is 2.47 bits per heavy atom. The fourth-order valence-electron chi connectivity index (χ4n) is 6.22. The number of morpholine rings is 1. The van der Waals surface area contributed by atoms with E-state index in [0.717, 1.165) is 22.3 Å². The maximum Gasteiger partial charge on any atom is 0.266 e. The van der Waals surface area contributed by atoms with Crippen molar-refractivity contribution in [1.29, 1.82) is 0 Å². The molecule has 1 unspecified atom stereocenters. The van der Waals surface area contributed by atoms with Gasteiger partial charge in [-0.25, -0.2) is 9.58 Å². The summed E-state index contributed by atoms with van der Waals surface area (Å²) in [5.74, 6) is -1.30. The number of carbonyl (C=O) groups excluding carboxylic acids is 4. The molecule has 0 saturated carbocycles. The van der Waals surface area contributed by atoms with Crippen LogP contribution in [0.4, 0.5) is 11.4 Å². The summed E-state index contributed by atoms with van der Waals surface area (Å²) in [6.07, 6.45) is 1.44. The predicted molar refractivity (Wildman–Crippen MR) is 184 cm³/mol. The average Bonchev–Trinajstić information content (AvgIpc) is 3.67. The molecule has 0 bridgehead atoms. The van der Waals surface area contributed by atoms with Crippen LogP contribution in [0.2, 0.25) is 0 Å². The number of carbonyl (C=O) groups is 4. The number of rotatable bonds is 7. The molecule has 49 heavy (non-hydrogen) atoms. The number of ether oxygens (including phenoxy) is 1. The van der Waals surface area contributed by atoms with Crippen molar-refractivity contribution in [2.45, 2.75) is 33.4 Å². The van der Waals surface area contributed by atoms with Crippen molar-refractivity contribution in [3.63, 3.8) is 0 Å². The molecule has 1 saturated heterocycles. The van der Waals surface area contributed by atoms with Crippen LogP contribution in [0.5, 0.6) is 0 Å². The van der Waals surface area contributed by atoms with Crippen molar-refractivity contribution in [3.8, 4) is 11.3 Å². The number of benzene rings is 4. The minimum Gasteiger partial charge on any atom is -0.373 e. The molecule has 2 aliphatic rings. The number of amides is 4. The van der Waals surface area contributed by atoms with Gasteiger partial charge in [-0.1, -0.05) is 47.7 Å². The maximum atomic E-state index is 13.6. The van der Waals surface area contributed by atoms with E-state index in [4.69, 9.17) is 4.74 Å². The van der Waals surface area contributed by atoms with Gasteiger partial charge in [0.2, 0.25) is 0 Å². The lowest BCUT2D eigenvalue weighted by molar-refractivity contribution is -0.0301. The third kappa shape index (κ3) is 6.23. The molecule has 1 aromatic heterocycles. The highest BCUT2D eigenvalue weighted by atomic mass is 16.5. The van der Waals surface area contributed by atoms with Crippen LogP contribution >= 0.6 is 0 Å². The summed E-state index contributed by atoms with van der Waals surface area (Å²) in [7, 11) is 0. The molecule has 5 aromatic rings. The van der Waals surface area contributed by atoms with Crippen molar-refractivity contribution in [2.75, 3.05) is 29.9 Å². The topological polar surface area (TPSA) is 127 Å². The first-order chi connectivity index (χ1) is 23.7. The van der Waals surface area contributed by atoms with Gasteiger partial charge in [0.25, 0.3) is 23.6 Å². The molecular weight excluding hydrogens is 620 g/mol. The number of anilines is 2. The van der Waals surface area contributed by atoms with Crippen molar-refractivity contribution in [3.05, 3.63) is 130 Å². The highest BCUT2D eigenvalue weighted by molar-refractivity contribution is 6.35. The highest BCUT2D eigenvalue weighted by Gasteiger charge is 2.38. The first kappa shape index (κ1) is 31.6. The lowest BCUT2D eigenvalue weighted by Gasteiger charge is -2.33. The predicted octanol–water partition coefficient (Wildman–Crippen LogP) is 5.46. The third-order valence-corrected chi connectivity index (χ3v) is 8.90. The molecule has 11 heteroatoms. The summed E-state index contributed by atoms with van der Waals surface area (Å²) < 4.78 is 7.65. The standard InChI is InChI=1S/C38H34N6O5/c1-23-9-10-25(3)34(17-23)44-37(47)30-14-13-27(19-32(30)38(44)48)36(46)42-15-16-49-29(20-42)21-43-22-33(40-41-43)26-12-11-24(2)31(18-26)35(45)39-28-7-5-4-6-8-28/h4-14,17-19,22,29H,15-16,20-21H2,1-3H3,(H,39,45). The number of aromatic nitrogens is 3. The number of imide groups is 1. The van der Waals surface area contributed by atoms with E-state index in [-0.39, 0.29) is 29.0 Å². The molecule has 0 radical (unpaired) electrons. The number of fused-ring (bicyclic) bond motifs is 1. The first-order valence-corrected chi connectivity index (χ1v) is 16.0. The molecule has 1 fully saturated rings. The van der Waals surface area contributed by atoms with Crippen molar-refractivity contribution < 1.29 is 23.9 Å². The van der Waals surface area contributed by atoms with Gasteiger partial charge in [0.15, 0.2) is 0 Å². The van der Waals surface area contributed by atoms with E-state index in [1.54, 1.807) is 34.0 Å². The van der Waals surface area contributed by atoms with Crippen LogP contribution < -0.4 is 10.2 Å². The zero-order valence-corrected chi connectivity index (χ0v) is 27.3. The van der Waals surface area contributed by atoms with E-state index < -0.39 is 11.8 Å². The zero-order valence-electron chi connectivity index (χ0n) is 27.3. The number of hydrogen-bond donors (Lipinski definition) is 1. The second kappa shape index (κ2) is 12.9. The van der Waals surface area contributed by atoms with E-state index in [1.807, 2.05) is 81.4 Å². The second-order valence-electron chi connectivity index (χ2n) is 12.4.